The van der Waals surface area contributed by atoms with Gasteiger partial charge in [-0.25, -0.2) is 0 Å². The molecular formula is C16H32N4. The third kappa shape index (κ3) is 3.19. The van der Waals surface area contributed by atoms with Gasteiger partial charge < -0.3 is 15.5 Å². The average molecular weight is 280 g/mol. The molecule has 2 aliphatic carbocycles. The van der Waals surface area contributed by atoms with Gasteiger partial charge in [0, 0.05) is 51.9 Å². The third-order valence-corrected chi connectivity index (χ3v) is 5.96. The highest BCUT2D eigenvalue weighted by Gasteiger charge is 2.46. The van der Waals surface area contributed by atoms with Gasteiger partial charge in [0.15, 0.2) is 0 Å². The Morgan fingerprint density at radius 2 is 1.65 bits per heavy atom. The zero-order valence-corrected chi connectivity index (χ0v) is 13.3. The zero-order valence-electron chi connectivity index (χ0n) is 13.3. The van der Waals surface area contributed by atoms with Gasteiger partial charge in [-0.1, -0.05) is 0 Å². The number of piperazine rings is 1. The van der Waals surface area contributed by atoms with Crippen molar-refractivity contribution >= 4 is 0 Å². The summed E-state index contributed by atoms with van der Waals surface area (Å²) < 4.78 is 0. The summed E-state index contributed by atoms with van der Waals surface area (Å²) >= 11 is 0. The molecule has 116 valence electrons. The predicted molar refractivity (Wildman–Crippen MR) is 83.7 cm³/mol. The molecule has 3 aliphatic rings. The smallest absolute Gasteiger partial charge is 0.0111 e. The lowest BCUT2D eigenvalue weighted by atomic mass is 9.84. The third-order valence-electron chi connectivity index (χ3n) is 5.96. The van der Waals surface area contributed by atoms with Crippen LogP contribution in [0.4, 0.5) is 0 Å². The van der Waals surface area contributed by atoms with Crippen molar-refractivity contribution in [3.8, 4) is 0 Å². The second-order valence-electron chi connectivity index (χ2n) is 7.52. The van der Waals surface area contributed by atoms with Crippen LogP contribution in [-0.2, 0) is 0 Å². The van der Waals surface area contributed by atoms with Gasteiger partial charge >= 0.3 is 0 Å². The minimum absolute atomic E-state index is 0.500. The van der Waals surface area contributed by atoms with Crippen LogP contribution >= 0.6 is 0 Å². The quantitative estimate of drug-likeness (QED) is 0.797. The molecule has 0 spiro atoms. The van der Waals surface area contributed by atoms with Gasteiger partial charge in [-0.2, -0.15) is 0 Å². The Kier molecular flexibility index (Phi) is 4.65. The number of hydrogen-bond donors (Lipinski definition) is 1. The molecule has 0 aromatic carbocycles. The van der Waals surface area contributed by atoms with Crippen molar-refractivity contribution in [2.45, 2.75) is 25.3 Å². The first-order valence-corrected chi connectivity index (χ1v) is 8.48. The molecule has 4 nitrogen and oxygen atoms in total. The van der Waals surface area contributed by atoms with Crippen LogP contribution in [0.1, 0.15) is 19.3 Å². The number of fused-ring (bicyclic) bond motifs is 2. The van der Waals surface area contributed by atoms with Gasteiger partial charge in [-0.3, -0.25) is 4.90 Å². The van der Waals surface area contributed by atoms with Crippen LogP contribution < -0.4 is 5.73 Å². The Morgan fingerprint density at radius 1 is 1.00 bits per heavy atom. The van der Waals surface area contributed by atoms with Gasteiger partial charge in [0.05, 0.1) is 0 Å². The van der Waals surface area contributed by atoms with E-state index >= 15 is 0 Å². The first-order chi connectivity index (χ1) is 9.63. The second kappa shape index (κ2) is 6.30. The van der Waals surface area contributed by atoms with E-state index in [1.807, 2.05) is 0 Å². The van der Waals surface area contributed by atoms with Crippen molar-refractivity contribution in [2.24, 2.45) is 23.5 Å². The van der Waals surface area contributed by atoms with E-state index in [1.165, 1.54) is 65.1 Å². The molecule has 2 N–H and O–H groups in total. The standard InChI is InChI=1S/C16H32N4/c1-18(2)5-6-19-7-9-20(10-8-19)12-15-13-3-4-14(11-13)16(15)17/h13-16H,3-12,17H2,1-2H3. The lowest BCUT2D eigenvalue weighted by molar-refractivity contribution is 0.0964. The summed E-state index contributed by atoms with van der Waals surface area (Å²) in [5, 5.41) is 0. The highest BCUT2D eigenvalue weighted by atomic mass is 15.3. The van der Waals surface area contributed by atoms with Crippen molar-refractivity contribution in [1.82, 2.24) is 14.7 Å². The van der Waals surface area contributed by atoms with Crippen molar-refractivity contribution < 1.29 is 0 Å². The highest BCUT2D eigenvalue weighted by molar-refractivity contribution is 5.00. The maximum absolute atomic E-state index is 6.45. The molecule has 1 saturated heterocycles. The molecule has 2 bridgehead atoms. The fraction of sp³-hybridized carbons (Fsp3) is 1.00. The van der Waals surface area contributed by atoms with Gasteiger partial charge in [0.2, 0.25) is 0 Å². The lowest BCUT2D eigenvalue weighted by Gasteiger charge is -2.39. The van der Waals surface area contributed by atoms with E-state index in [1.54, 1.807) is 0 Å². The Labute approximate surface area is 124 Å². The number of likely N-dealkylation sites (N-methyl/N-ethyl adjacent to an activating group) is 1. The Balaban J connectivity index is 1.40. The largest absolute Gasteiger partial charge is 0.327 e. The van der Waals surface area contributed by atoms with Crippen molar-refractivity contribution in [1.29, 1.82) is 0 Å². The monoisotopic (exact) mass is 280 g/mol. The summed E-state index contributed by atoms with van der Waals surface area (Å²) in [4.78, 5) is 7.56. The molecule has 2 saturated carbocycles. The van der Waals surface area contributed by atoms with Gasteiger partial charge in [0.1, 0.15) is 0 Å². The molecule has 4 heteroatoms. The minimum atomic E-state index is 0.500. The summed E-state index contributed by atoms with van der Waals surface area (Å²) in [5.41, 5.74) is 6.45. The maximum Gasteiger partial charge on any atom is 0.0111 e. The first-order valence-electron chi connectivity index (χ1n) is 8.48. The van der Waals surface area contributed by atoms with Crippen LogP contribution in [0.3, 0.4) is 0 Å². The summed E-state index contributed by atoms with van der Waals surface area (Å²) in [6.45, 7) is 8.63. The SMILES string of the molecule is CN(C)CCN1CCN(CC2C3CCC(C3)C2N)CC1. The van der Waals surface area contributed by atoms with E-state index in [4.69, 9.17) is 5.73 Å². The number of nitrogens with two attached hydrogens (primary N) is 1. The number of rotatable bonds is 5. The molecule has 3 rings (SSSR count). The van der Waals surface area contributed by atoms with Crippen molar-refractivity contribution in [3.05, 3.63) is 0 Å². The topological polar surface area (TPSA) is 35.7 Å². The molecule has 0 radical (unpaired) electrons. The molecule has 3 fully saturated rings. The van der Waals surface area contributed by atoms with Crippen LogP contribution in [0.5, 0.6) is 0 Å². The zero-order chi connectivity index (χ0) is 14.1. The van der Waals surface area contributed by atoms with Crippen LogP contribution in [0, 0.1) is 17.8 Å². The van der Waals surface area contributed by atoms with Crippen LogP contribution in [-0.4, -0.2) is 80.7 Å². The fourth-order valence-electron chi connectivity index (χ4n) is 4.56. The average Bonchev–Trinajstić information content (AvgIpc) is 3.01. The molecule has 4 unspecified atom stereocenters. The van der Waals surface area contributed by atoms with E-state index in [2.05, 4.69) is 28.8 Å². The van der Waals surface area contributed by atoms with Crippen molar-refractivity contribution in [2.75, 3.05) is 59.9 Å². The number of nitrogens with zero attached hydrogens (tertiary/aromatic N) is 3. The van der Waals surface area contributed by atoms with E-state index < -0.39 is 0 Å². The summed E-state index contributed by atoms with van der Waals surface area (Å²) in [7, 11) is 4.32. The molecule has 1 aliphatic heterocycles. The minimum Gasteiger partial charge on any atom is -0.327 e. The lowest BCUT2D eigenvalue weighted by Crippen LogP contribution is -2.51. The van der Waals surface area contributed by atoms with E-state index in [0.717, 1.165) is 17.8 Å². The molecule has 0 aromatic rings. The maximum atomic E-state index is 6.45. The Hall–Kier alpha value is -0.160. The van der Waals surface area contributed by atoms with Crippen LogP contribution in [0.25, 0.3) is 0 Å². The molecule has 4 atom stereocenters. The summed E-state index contributed by atoms with van der Waals surface area (Å²) in [6, 6.07) is 0.500. The van der Waals surface area contributed by atoms with Gasteiger partial charge in [0.25, 0.3) is 0 Å². The van der Waals surface area contributed by atoms with E-state index in [0.29, 0.717) is 6.04 Å². The fourth-order valence-corrected chi connectivity index (χ4v) is 4.56. The van der Waals surface area contributed by atoms with Gasteiger partial charge in [-0.15, -0.1) is 0 Å². The van der Waals surface area contributed by atoms with E-state index in [9.17, 15) is 0 Å². The van der Waals surface area contributed by atoms with Gasteiger partial charge in [-0.05, 0) is 51.1 Å². The summed E-state index contributed by atoms with van der Waals surface area (Å²) in [5.74, 6) is 2.59. The first kappa shape index (κ1) is 14.8. The number of hydrogen-bond acceptors (Lipinski definition) is 4. The Morgan fingerprint density at radius 3 is 2.25 bits per heavy atom. The molecular weight excluding hydrogens is 248 g/mol. The van der Waals surface area contributed by atoms with Crippen LogP contribution in [0.15, 0.2) is 0 Å². The summed E-state index contributed by atoms with van der Waals surface area (Å²) in [6.07, 6.45) is 4.28. The second-order valence-corrected chi connectivity index (χ2v) is 7.52. The highest BCUT2D eigenvalue weighted by Crippen LogP contribution is 2.47. The van der Waals surface area contributed by atoms with E-state index in [-0.39, 0.29) is 0 Å². The Bertz CT molecular complexity index is 310. The normalized spacial score (nSPS) is 39.0. The molecule has 1 heterocycles. The predicted octanol–water partition coefficient (Wildman–Crippen LogP) is 0.539. The molecule has 0 aromatic heterocycles. The molecule has 20 heavy (non-hydrogen) atoms. The van der Waals surface area contributed by atoms with Crippen LogP contribution in [0.2, 0.25) is 0 Å². The van der Waals surface area contributed by atoms with Crippen molar-refractivity contribution in [3.63, 3.8) is 0 Å². The molecule has 0 amide bonds.